The van der Waals surface area contributed by atoms with Crippen molar-refractivity contribution in [3.05, 3.63) is 58.5 Å². The van der Waals surface area contributed by atoms with E-state index in [1.807, 2.05) is 6.07 Å². The third kappa shape index (κ3) is 4.78. The number of thiocarbonyl (C=S) groups is 1. The molecule has 3 rings (SSSR count). The molecule has 1 saturated heterocycles. The van der Waals surface area contributed by atoms with Crippen molar-refractivity contribution in [2.24, 2.45) is 0 Å². The molecule has 0 spiro atoms. The summed E-state index contributed by atoms with van der Waals surface area (Å²) in [5, 5.41) is 21.1. The zero-order chi connectivity index (χ0) is 21.8. The van der Waals surface area contributed by atoms with Gasteiger partial charge >= 0.3 is 5.97 Å². The van der Waals surface area contributed by atoms with Gasteiger partial charge in [0.05, 0.1) is 12.0 Å². The van der Waals surface area contributed by atoms with Crippen molar-refractivity contribution in [1.82, 2.24) is 4.90 Å². The van der Waals surface area contributed by atoms with Gasteiger partial charge in [-0.05, 0) is 42.0 Å². The molecule has 0 aliphatic carbocycles. The van der Waals surface area contributed by atoms with Gasteiger partial charge in [0.25, 0.3) is 5.91 Å². The molecule has 2 aromatic rings. The van der Waals surface area contributed by atoms with Gasteiger partial charge in [0.15, 0.2) is 0 Å². The van der Waals surface area contributed by atoms with E-state index in [0.717, 1.165) is 29.5 Å². The van der Waals surface area contributed by atoms with E-state index in [0.29, 0.717) is 10.7 Å². The van der Waals surface area contributed by atoms with Gasteiger partial charge in [0, 0.05) is 5.69 Å². The van der Waals surface area contributed by atoms with Crippen LogP contribution in [-0.2, 0) is 9.59 Å². The van der Waals surface area contributed by atoms with Crippen molar-refractivity contribution < 1.29 is 29.3 Å². The summed E-state index contributed by atoms with van der Waals surface area (Å²) in [4.78, 5) is 37.7. The number of aromatic carboxylic acids is 1. The smallest absolute Gasteiger partial charge is 0.339 e. The Hall–Kier alpha value is -3.37. The number of carbonyl (C=O) groups is 3. The summed E-state index contributed by atoms with van der Waals surface area (Å²) in [7, 11) is 1.55. The molecule has 10 heteroatoms. The second kappa shape index (κ2) is 8.97. The van der Waals surface area contributed by atoms with Crippen molar-refractivity contribution in [3.8, 4) is 11.5 Å². The van der Waals surface area contributed by atoms with E-state index >= 15 is 0 Å². The number of hydrogen-bond acceptors (Lipinski definition) is 7. The number of benzene rings is 2. The summed E-state index contributed by atoms with van der Waals surface area (Å²) in [6.07, 6.45) is 1.67. The summed E-state index contributed by atoms with van der Waals surface area (Å²) in [6, 6.07) is 10.8. The first kappa shape index (κ1) is 21.3. The van der Waals surface area contributed by atoms with Crippen molar-refractivity contribution >= 4 is 57.8 Å². The van der Waals surface area contributed by atoms with E-state index in [2.05, 4.69) is 5.32 Å². The molecule has 2 amide bonds. The maximum absolute atomic E-state index is 12.7. The lowest BCUT2D eigenvalue weighted by Crippen LogP contribution is -2.36. The first-order chi connectivity index (χ1) is 14.3. The van der Waals surface area contributed by atoms with Crippen molar-refractivity contribution in [2.75, 3.05) is 19.0 Å². The van der Waals surface area contributed by atoms with Crippen molar-refractivity contribution in [3.63, 3.8) is 0 Å². The zero-order valence-corrected chi connectivity index (χ0v) is 17.3. The molecule has 154 valence electrons. The number of carboxylic acid groups (broad SMARTS) is 1. The molecule has 0 bridgehead atoms. The fourth-order valence-corrected chi connectivity index (χ4v) is 3.90. The van der Waals surface area contributed by atoms with Crippen LogP contribution in [0.3, 0.4) is 0 Å². The Labute approximate surface area is 181 Å². The molecule has 8 nitrogen and oxygen atoms in total. The van der Waals surface area contributed by atoms with Crippen molar-refractivity contribution in [2.45, 2.75) is 0 Å². The highest BCUT2D eigenvalue weighted by Gasteiger charge is 2.33. The van der Waals surface area contributed by atoms with Crippen LogP contribution in [0.15, 0.2) is 47.4 Å². The van der Waals surface area contributed by atoms with Gasteiger partial charge in [-0.15, -0.1) is 0 Å². The van der Waals surface area contributed by atoms with Crippen molar-refractivity contribution in [1.29, 1.82) is 0 Å². The number of hydrogen-bond donors (Lipinski definition) is 3. The van der Waals surface area contributed by atoms with Crippen LogP contribution in [0.25, 0.3) is 6.08 Å². The van der Waals surface area contributed by atoms with E-state index < -0.39 is 23.5 Å². The van der Waals surface area contributed by atoms with E-state index in [4.69, 9.17) is 22.1 Å². The third-order valence-corrected chi connectivity index (χ3v) is 5.46. The van der Waals surface area contributed by atoms with E-state index in [-0.39, 0.29) is 22.1 Å². The quantitative estimate of drug-likeness (QED) is 0.354. The van der Waals surface area contributed by atoms with Gasteiger partial charge in [0.1, 0.15) is 27.9 Å². The van der Waals surface area contributed by atoms with E-state index in [9.17, 15) is 19.5 Å². The Morgan fingerprint density at radius 3 is 2.73 bits per heavy atom. The topological polar surface area (TPSA) is 116 Å². The van der Waals surface area contributed by atoms with Crippen LogP contribution in [0, 0.1) is 0 Å². The minimum Gasteiger partial charge on any atom is -0.507 e. The first-order valence-corrected chi connectivity index (χ1v) is 9.76. The van der Waals surface area contributed by atoms with Gasteiger partial charge in [-0.1, -0.05) is 36.1 Å². The molecular formula is C20H16N2O6S2. The molecule has 1 aliphatic rings. The number of ether oxygens (including phenoxy) is 1. The second-order valence-corrected chi connectivity index (χ2v) is 7.81. The fraction of sp³-hybridized carbons (Fsp3) is 0.100. The minimum absolute atomic E-state index is 0.174. The van der Waals surface area contributed by atoms with Gasteiger partial charge in [-0.3, -0.25) is 14.5 Å². The molecule has 0 atom stereocenters. The molecule has 0 saturated carbocycles. The molecule has 0 unspecified atom stereocenters. The van der Waals surface area contributed by atoms with Crippen LogP contribution in [0.2, 0.25) is 0 Å². The Morgan fingerprint density at radius 2 is 2.03 bits per heavy atom. The standard InChI is InChI=1S/C20H16N2O6S2/c1-28-13-4-2-3-11(7-13)8-16-18(25)22(20(29)30-16)10-17(24)21-12-5-6-15(23)14(9-12)19(26)27/h2-9,23H,10H2,1H3,(H,21,24)(H,26,27)/b16-8-. The van der Waals surface area contributed by atoms with E-state index in [1.165, 1.54) is 11.0 Å². The average Bonchev–Trinajstić information content (AvgIpc) is 2.96. The first-order valence-electron chi connectivity index (χ1n) is 8.54. The van der Waals surface area contributed by atoms with Gasteiger partial charge in [-0.2, -0.15) is 0 Å². The highest BCUT2D eigenvalue weighted by Crippen LogP contribution is 2.33. The lowest BCUT2D eigenvalue weighted by atomic mass is 10.2. The number of nitrogens with zero attached hydrogens (tertiary/aromatic N) is 1. The summed E-state index contributed by atoms with van der Waals surface area (Å²) in [5.74, 6) is -2.06. The minimum atomic E-state index is -1.33. The molecule has 2 aromatic carbocycles. The molecule has 1 fully saturated rings. The number of rotatable bonds is 6. The van der Waals surface area contributed by atoms with Crippen LogP contribution in [0.4, 0.5) is 5.69 Å². The number of anilines is 1. The number of carboxylic acids is 1. The van der Waals surface area contributed by atoms with Crippen LogP contribution in [0.5, 0.6) is 11.5 Å². The summed E-state index contributed by atoms with van der Waals surface area (Å²) in [5.41, 5.74) is 0.580. The maximum Gasteiger partial charge on any atom is 0.339 e. The van der Waals surface area contributed by atoms with Crippen LogP contribution >= 0.6 is 24.0 Å². The number of aromatic hydroxyl groups is 1. The zero-order valence-electron chi connectivity index (χ0n) is 15.6. The maximum atomic E-state index is 12.7. The molecule has 0 aromatic heterocycles. The summed E-state index contributed by atoms with van der Waals surface area (Å²) < 4.78 is 5.40. The molecule has 3 N–H and O–H groups in total. The fourth-order valence-electron chi connectivity index (χ4n) is 2.65. The number of amides is 2. The van der Waals surface area contributed by atoms with Gasteiger partial charge < -0.3 is 20.3 Å². The van der Waals surface area contributed by atoms with Crippen LogP contribution in [0.1, 0.15) is 15.9 Å². The molecule has 1 aliphatic heterocycles. The van der Waals surface area contributed by atoms with Gasteiger partial charge in [-0.25, -0.2) is 4.79 Å². The summed E-state index contributed by atoms with van der Waals surface area (Å²) >= 11 is 6.31. The monoisotopic (exact) mass is 444 g/mol. The highest BCUT2D eigenvalue weighted by atomic mass is 32.2. The lowest BCUT2D eigenvalue weighted by Gasteiger charge is -2.14. The molecular weight excluding hydrogens is 428 g/mol. The Morgan fingerprint density at radius 1 is 1.27 bits per heavy atom. The second-order valence-electron chi connectivity index (χ2n) is 6.13. The van der Waals surface area contributed by atoms with Crippen LogP contribution < -0.4 is 10.1 Å². The Balaban J connectivity index is 1.71. The lowest BCUT2D eigenvalue weighted by molar-refractivity contribution is -0.126. The number of phenols is 1. The molecule has 30 heavy (non-hydrogen) atoms. The number of thioether (sulfide) groups is 1. The molecule has 1 heterocycles. The third-order valence-electron chi connectivity index (χ3n) is 4.08. The van der Waals surface area contributed by atoms with Crippen LogP contribution in [-0.4, -0.2) is 50.9 Å². The average molecular weight is 444 g/mol. The number of methoxy groups -OCH3 is 1. The van der Waals surface area contributed by atoms with E-state index in [1.54, 1.807) is 31.4 Å². The Bertz CT molecular complexity index is 1080. The predicted octanol–water partition coefficient (Wildman–Crippen LogP) is 2.94. The highest BCUT2D eigenvalue weighted by molar-refractivity contribution is 8.26. The largest absolute Gasteiger partial charge is 0.507 e. The Kier molecular flexibility index (Phi) is 6.38. The normalized spacial score (nSPS) is 14.8. The molecule has 0 radical (unpaired) electrons. The number of nitrogens with one attached hydrogen (secondary N) is 1. The summed E-state index contributed by atoms with van der Waals surface area (Å²) in [6.45, 7) is -0.330. The SMILES string of the molecule is COc1cccc(/C=C2\SC(=S)N(CC(=O)Nc3ccc(O)c(C(=O)O)c3)C2=O)c1. The number of carbonyl (C=O) groups excluding carboxylic acids is 2. The predicted molar refractivity (Wildman–Crippen MR) is 117 cm³/mol. The van der Waals surface area contributed by atoms with Gasteiger partial charge in [0.2, 0.25) is 5.91 Å².